The van der Waals surface area contributed by atoms with Crippen molar-refractivity contribution < 1.29 is 9.53 Å². The number of hydrogen-bond acceptors (Lipinski definition) is 2. The van der Waals surface area contributed by atoms with Gasteiger partial charge < -0.3 is 9.30 Å². The van der Waals surface area contributed by atoms with E-state index in [9.17, 15) is 4.79 Å². The van der Waals surface area contributed by atoms with Gasteiger partial charge in [-0.1, -0.05) is 36.4 Å². The van der Waals surface area contributed by atoms with Crippen molar-refractivity contribution in [2.24, 2.45) is 0 Å². The second-order valence-electron chi connectivity index (χ2n) is 5.87. The summed E-state index contributed by atoms with van der Waals surface area (Å²) in [4.78, 5) is 12.2. The monoisotopic (exact) mass is 295 g/mol. The van der Waals surface area contributed by atoms with Crippen LogP contribution in [-0.2, 0) is 9.53 Å². The van der Waals surface area contributed by atoms with E-state index in [1.807, 2.05) is 18.2 Å². The maximum atomic E-state index is 12.2. The summed E-state index contributed by atoms with van der Waals surface area (Å²) in [6, 6.07) is 14.6. The number of aryl methyl sites for hydroxylation is 2. The lowest BCUT2D eigenvalue weighted by Gasteiger charge is -2.18. The zero-order valence-electron chi connectivity index (χ0n) is 13.2. The van der Waals surface area contributed by atoms with Crippen LogP contribution in [0.15, 0.2) is 54.1 Å². The normalized spacial score (nSPS) is 20.8. The number of aromatic nitrogens is 1. The van der Waals surface area contributed by atoms with Crippen LogP contribution in [0.4, 0.5) is 0 Å². The first-order chi connectivity index (χ1) is 10.6. The first-order valence-corrected chi connectivity index (χ1v) is 7.61. The van der Waals surface area contributed by atoms with Crippen molar-refractivity contribution in [1.29, 1.82) is 0 Å². The van der Waals surface area contributed by atoms with Crippen LogP contribution in [0.25, 0.3) is 0 Å². The Balaban J connectivity index is 2.00. The zero-order chi connectivity index (χ0) is 15.7. The number of carbonyl (C=O) groups excluding carboxylic acids is 1. The van der Waals surface area contributed by atoms with E-state index in [-0.39, 0.29) is 17.9 Å². The van der Waals surface area contributed by atoms with E-state index in [4.69, 9.17) is 4.74 Å². The van der Waals surface area contributed by atoms with Crippen LogP contribution in [-0.4, -0.2) is 17.6 Å². The number of allylic oxidation sites excluding steroid dienone is 1. The highest BCUT2D eigenvalue weighted by Crippen LogP contribution is 2.42. The Morgan fingerprint density at radius 2 is 1.73 bits per heavy atom. The summed E-state index contributed by atoms with van der Waals surface area (Å²) in [5, 5.41) is 0. The number of benzene rings is 1. The molecule has 22 heavy (non-hydrogen) atoms. The molecule has 3 nitrogen and oxygen atoms in total. The molecular formula is C19H21NO2. The van der Waals surface area contributed by atoms with Gasteiger partial charge >= 0.3 is 5.97 Å². The van der Waals surface area contributed by atoms with E-state index in [0.29, 0.717) is 0 Å². The van der Waals surface area contributed by atoms with Gasteiger partial charge in [0, 0.05) is 22.9 Å². The van der Waals surface area contributed by atoms with Crippen LogP contribution in [0, 0.1) is 13.8 Å². The number of hydrogen-bond donors (Lipinski definition) is 0. The molecule has 2 aromatic rings. The van der Waals surface area contributed by atoms with Gasteiger partial charge in [0.25, 0.3) is 0 Å². The Bertz CT molecular complexity index is 693. The highest BCUT2D eigenvalue weighted by molar-refractivity contribution is 5.91. The van der Waals surface area contributed by atoms with E-state index in [1.165, 1.54) is 24.1 Å². The molecule has 3 rings (SSSR count). The molecule has 114 valence electrons. The summed E-state index contributed by atoms with van der Waals surface area (Å²) in [5.41, 5.74) is 4.38. The van der Waals surface area contributed by atoms with E-state index >= 15 is 0 Å². The maximum Gasteiger partial charge on any atom is 0.334 e. The molecule has 2 atom stereocenters. The minimum atomic E-state index is -0.223. The predicted octanol–water partition coefficient (Wildman–Crippen LogP) is 3.93. The number of nitrogens with zero attached hydrogens (tertiary/aromatic N) is 1. The molecule has 1 aromatic heterocycles. The number of ether oxygens (including phenoxy) is 1. The Labute approximate surface area is 131 Å². The predicted molar refractivity (Wildman–Crippen MR) is 86.8 cm³/mol. The first-order valence-electron chi connectivity index (χ1n) is 7.61. The summed E-state index contributed by atoms with van der Waals surface area (Å²) < 4.78 is 7.29. The molecule has 0 spiro atoms. The van der Waals surface area contributed by atoms with Gasteiger partial charge in [-0.3, -0.25) is 0 Å². The third-order valence-electron chi connectivity index (χ3n) is 4.50. The fourth-order valence-corrected chi connectivity index (χ4v) is 3.47. The molecular weight excluding hydrogens is 274 g/mol. The first kappa shape index (κ1) is 14.6. The van der Waals surface area contributed by atoms with Crippen molar-refractivity contribution in [3.63, 3.8) is 0 Å². The smallest absolute Gasteiger partial charge is 0.334 e. The van der Waals surface area contributed by atoms with Crippen molar-refractivity contribution in [3.8, 4) is 0 Å². The van der Waals surface area contributed by atoms with Crippen LogP contribution in [0.2, 0.25) is 0 Å². The minimum absolute atomic E-state index is 0.0971. The van der Waals surface area contributed by atoms with E-state index in [1.54, 1.807) is 0 Å². The van der Waals surface area contributed by atoms with Gasteiger partial charge in [0.05, 0.1) is 13.2 Å². The van der Waals surface area contributed by atoms with Gasteiger partial charge in [0.1, 0.15) is 0 Å². The molecule has 1 aliphatic rings. The van der Waals surface area contributed by atoms with Gasteiger partial charge in [-0.25, -0.2) is 4.79 Å². The molecule has 0 N–H and O–H groups in total. The van der Waals surface area contributed by atoms with Crippen LogP contribution in [0.5, 0.6) is 0 Å². The van der Waals surface area contributed by atoms with Gasteiger partial charge in [-0.15, -0.1) is 0 Å². The van der Waals surface area contributed by atoms with Crippen molar-refractivity contribution in [1.82, 2.24) is 4.57 Å². The topological polar surface area (TPSA) is 31.2 Å². The molecule has 0 unspecified atom stereocenters. The molecule has 0 saturated carbocycles. The molecule has 0 aliphatic heterocycles. The summed E-state index contributed by atoms with van der Waals surface area (Å²) in [5.74, 6) is -0.126. The van der Waals surface area contributed by atoms with Crippen molar-refractivity contribution in [2.45, 2.75) is 32.2 Å². The average molecular weight is 295 g/mol. The standard InChI is InChI=1S/C19H21NO2/c1-13-9-10-14(2)20(13)16-11-17(15-7-5-4-6-8-15)18(12-16)19(21)22-3/h4-10,12,16-17H,11H2,1-3H3/t16-,17+/m1/s1. The molecule has 1 aliphatic carbocycles. The van der Waals surface area contributed by atoms with Gasteiger partial charge in [-0.2, -0.15) is 0 Å². The van der Waals surface area contributed by atoms with E-state index in [0.717, 1.165) is 12.0 Å². The quantitative estimate of drug-likeness (QED) is 0.803. The Hall–Kier alpha value is -2.29. The van der Waals surface area contributed by atoms with Crippen molar-refractivity contribution >= 4 is 5.97 Å². The van der Waals surface area contributed by atoms with Crippen LogP contribution < -0.4 is 0 Å². The highest BCUT2D eigenvalue weighted by atomic mass is 16.5. The lowest BCUT2D eigenvalue weighted by Crippen LogP contribution is -2.11. The lowest BCUT2D eigenvalue weighted by molar-refractivity contribution is -0.136. The second kappa shape index (κ2) is 5.84. The number of rotatable bonds is 3. The second-order valence-corrected chi connectivity index (χ2v) is 5.87. The van der Waals surface area contributed by atoms with Crippen LogP contribution >= 0.6 is 0 Å². The molecule has 1 aromatic carbocycles. The maximum absolute atomic E-state index is 12.2. The molecule has 3 heteroatoms. The van der Waals surface area contributed by atoms with E-state index in [2.05, 4.69) is 48.8 Å². The van der Waals surface area contributed by atoms with Crippen LogP contribution in [0.3, 0.4) is 0 Å². The van der Waals surface area contributed by atoms with Crippen LogP contribution in [0.1, 0.15) is 35.3 Å². The molecule has 1 heterocycles. The zero-order valence-corrected chi connectivity index (χ0v) is 13.2. The van der Waals surface area contributed by atoms with E-state index < -0.39 is 0 Å². The third-order valence-corrected chi connectivity index (χ3v) is 4.50. The Morgan fingerprint density at radius 3 is 2.32 bits per heavy atom. The van der Waals surface area contributed by atoms with Crippen molar-refractivity contribution in [2.75, 3.05) is 7.11 Å². The number of carbonyl (C=O) groups is 1. The summed E-state index contributed by atoms with van der Waals surface area (Å²) in [7, 11) is 1.45. The average Bonchev–Trinajstić information content (AvgIpc) is 3.11. The minimum Gasteiger partial charge on any atom is -0.466 e. The molecule has 0 bridgehead atoms. The van der Waals surface area contributed by atoms with Gasteiger partial charge in [0.15, 0.2) is 0 Å². The summed E-state index contributed by atoms with van der Waals surface area (Å²) in [6.07, 6.45) is 2.97. The lowest BCUT2D eigenvalue weighted by atomic mass is 9.92. The largest absolute Gasteiger partial charge is 0.466 e. The van der Waals surface area contributed by atoms with Gasteiger partial charge in [-0.05, 0) is 38.0 Å². The number of methoxy groups -OCH3 is 1. The molecule has 0 saturated heterocycles. The molecule has 0 fully saturated rings. The molecule has 0 amide bonds. The summed E-state index contributed by atoms with van der Waals surface area (Å²) >= 11 is 0. The fraction of sp³-hybridized carbons (Fsp3) is 0.316. The third kappa shape index (κ3) is 2.47. The molecule has 0 radical (unpaired) electrons. The van der Waals surface area contributed by atoms with Crippen molar-refractivity contribution in [3.05, 3.63) is 71.1 Å². The van der Waals surface area contributed by atoms with Gasteiger partial charge in [0.2, 0.25) is 0 Å². The number of esters is 1. The SMILES string of the molecule is COC(=O)C1=C[C@H](n2c(C)ccc2C)C[C@H]1c1ccccc1. The summed E-state index contributed by atoms with van der Waals surface area (Å²) in [6.45, 7) is 4.21. The highest BCUT2D eigenvalue weighted by Gasteiger charge is 2.33. The Morgan fingerprint density at radius 1 is 1.09 bits per heavy atom. The Kier molecular flexibility index (Phi) is 3.88. The fourth-order valence-electron chi connectivity index (χ4n) is 3.47.